The Labute approximate surface area is 145 Å². The lowest BCUT2D eigenvalue weighted by atomic mass is 9.72. The van der Waals surface area contributed by atoms with Crippen LogP contribution in [-0.4, -0.2) is 52.2 Å². The molecule has 0 spiro atoms. The summed E-state index contributed by atoms with van der Waals surface area (Å²) in [5, 5.41) is 18.3. The summed E-state index contributed by atoms with van der Waals surface area (Å²) >= 11 is 0. The first-order chi connectivity index (χ1) is 12.1. The highest BCUT2D eigenvalue weighted by Gasteiger charge is 2.36. The molecule has 8 heteroatoms. The first-order valence-corrected chi connectivity index (χ1v) is 8.40. The number of carbonyl (C=O) groups excluding carboxylic acids is 1. The monoisotopic (exact) mass is 338 g/mol. The highest BCUT2D eigenvalue weighted by molar-refractivity contribution is 6.52. The van der Waals surface area contributed by atoms with Crippen LogP contribution in [0, 0.1) is 17.2 Å². The summed E-state index contributed by atoms with van der Waals surface area (Å²) in [6.07, 6.45) is 5.17. The molecule has 128 valence electrons. The summed E-state index contributed by atoms with van der Waals surface area (Å²) in [4.78, 5) is 21.1. The fourth-order valence-corrected chi connectivity index (χ4v) is 3.85. The molecular weight excluding hydrogens is 319 g/mol. The molecule has 0 aliphatic carbocycles. The molecule has 2 aliphatic rings. The molecule has 1 fully saturated rings. The van der Waals surface area contributed by atoms with E-state index in [1.165, 1.54) is 0 Å². The summed E-state index contributed by atoms with van der Waals surface area (Å²) < 4.78 is 5.55. The van der Waals surface area contributed by atoms with Crippen LogP contribution in [0.25, 0.3) is 16.6 Å². The maximum Gasteiger partial charge on any atom is 0.552 e. The number of amides is 1. The van der Waals surface area contributed by atoms with Gasteiger partial charge in [0.2, 0.25) is 0 Å². The molecular formula is C17H19BN4O3. The smallest absolute Gasteiger partial charge is 0.531 e. The van der Waals surface area contributed by atoms with Crippen molar-refractivity contribution in [2.45, 2.75) is 13.3 Å². The number of fused-ring (bicyclic) bond motifs is 3. The minimum Gasteiger partial charge on any atom is -0.531 e. The average molecular weight is 338 g/mol. The highest BCUT2D eigenvalue weighted by atomic mass is 16.5. The molecule has 25 heavy (non-hydrogen) atoms. The maximum absolute atomic E-state index is 12.0. The van der Waals surface area contributed by atoms with Crippen molar-refractivity contribution < 1.29 is 14.5 Å². The second kappa shape index (κ2) is 6.04. The lowest BCUT2D eigenvalue weighted by Gasteiger charge is -2.39. The lowest BCUT2D eigenvalue weighted by molar-refractivity contribution is -0.125. The molecule has 2 aromatic rings. The van der Waals surface area contributed by atoms with Gasteiger partial charge in [0.1, 0.15) is 11.4 Å². The standard InChI is InChI=1S/C17H19BN4O3/c1-10-3-5-22(15(23)7-19)9-13(10)12-6-18(24)25-14-8-21-17-11(16(12)14)2-4-20-17/h2,4,6-8,10,13,19,24H,3,5,9H2,1H3,(H,20,21)/t10-,13+/m1/s1. The zero-order valence-corrected chi connectivity index (χ0v) is 13.9. The quantitative estimate of drug-likeness (QED) is 0.570. The van der Waals surface area contributed by atoms with Crippen LogP contribution < -0.4 is 4.65 Å². The molecule has 4 heterocycles. The molecule has 7 nitrogen and oxygen atoms in total. The van der Waals surface area contributed by atoms with Crippen LogP contribution in [0.4, 0.5) is 0 Å². The zero-order chi connectivity index (χ0) is 17.6. The summed E-state index contributed by atoms with van der Waals surface area (Å²) in [5.74, 6) is 2.43. The third-order valence-electron chi connectivity index (χ3n) is 5.20. The van der Waals surface area contributed by atoms with E-state index in [1.54, 1.807) is 17.1 Å². The highest BCUT2D eigenvalue weighted by Crippen LogP contribution is 2.43. The number of pyridine rings is 1. The van der Waals surface area contributed by atoms with Gasteiger partial charge in [-0.05, 0) is 30.0 Å². The molecule has 0 radical (unpaired) electrons. The van der Waals surface area contributed by atoms with Gasteiger partial charge in [-0.15, -0.1) is 0 Å². The summed E-state index contributed by atoms with van der Waals surface area (Å²) in [7, 11) is -1.03. The van der Waals surface area contributed by atoms with E-state index in [9.17, 15) is 9.82 Å². The van der Waals surface area contributed by atoms with Crippen LogP contribution >= 0.6 is 0 Å². The van der Waals surface area contributed by atoms with Gasteiger partial charge in [-0.25, -0.2) is 4.98 Å². The number of nitrogens with one attached hydrogen (secondary N) is 2. The number of piperidine rings is 1. The van der Waals surface area contributed by atoms with E-state index < -0.39 is 7.12 Å². The normalized spacial score (nSPS) is 23.0. The number of likely N-dealkylation sites (tertiary alicyclic amines) is 1. The van der Waals surface area contributed by atoms with Crippen molar-refractivity contribution in [3.63, 3.8) is 0 Å². The number of hydrogen-bond acceptors (Lipinski definition) is 5. The van der Waals surface area contributed by atoms with Gasteiger partial charge in [-0.3, -0.25) is 4.79 Å². The first-order valence-electron chi connectivity index (χ1n) is 8.40. The Morgan fingerprint density at radius 2 is 2.44 bits per heavy atom. The van der Waals surface area contributed by atoms with E-state index >= 15 is 0 Å². The summed E-state index contributed by atoms with van der Waals surface area (Å²) in [6.45, 7) is 3.34. The molecule has 0 unspecified atom stereocenters. The van der Waals surface area contributed by atoms with E-state index in [0.717, 1.165) is 34.8 Å². The van der Waals surface area contributed by atoms with Crippen molar-refractivity contribution in [2.24, 2.45) is 11.8 Å². The molecule has 0 aromatic carbocycles. The number of H-pyrrole nitrogens is 1. The SMILES string of the molecule is C[C@@H]1CCN(C(=O)C=N)C[C@@H]1C1=CB(O)Oc2cnc3[nH]ccc3c21. The molecule has 0 bridgehead atoms. The number of aromatic nitrogens is 2. The first kappa shape index (κ1) is 15.9. The van der Waals surface area contributed by atoms with E-state index in [2.05, 4.69) is 16.9 Å². The van der Waals surface area contributed by atoms with E-state index in [4.69, 9.17) is 10.1 Å². The van der Waals surface area contributed by atoms with E-state index in [0.29, 0.717) is 24.8 Å². The topological polar surface area (TPSA) is 102 Å². The number of hydrogen-bond donors (Lipinski definition) is 3. The molecule has 0 saturated carbocycles. The second-order valence-corrected chi connectivity index (χ2v) is 6.67. The molecule has 2 aliphatic heterocycles. The van der Waals surface area contributed by atoms with Gasteiger partial charge in [0.05, 0.1) is 12.4 Å². The zero-order valence-electron chi connectivity index (χ0n) is 13.9. The van der Waals surface area contributed by atoms with Crippen molar-refractivity contribution in [1.82, 2.24) is 14.9 Å². The number of aromatic amines is 1. The fourth-order valence-electron chi connectivity index (χ4n) is 3.85. The fraction of sp³-hybridized carbons (Fsp3) is 0.353. The molecule has 3 N–H and O–H groups in total. The Hall–Kier alpha value is -2.61. The van der Waals surface area contributed by atoms with Gasteiger partial charge in [-0.2, -0.15) is 0 Å². The van der Waals surface area contributed by atoms with Crippen LogP contribution in [0.3, 0.4) is 0 Å². The molecule has 2 atom stereocenters. The number of carbonyl (C=O) groups is 1. The third-order valence-corrected chi connectivity index (χ3v) is 5.20. The molecule has 2 aromatic heterocycles. The molecule has 1 amide bonds. The third kappa shape index (κ3) is 2.62. The second-order valence-electron chi connectivity index (χ2n) is 6.67. The van der Waals surface area contributed by atoms with Crippen LogP contribution in [0.2, 0.25) is 0 Å². The Kier molecular flexibility index (Phi) is 3.84. The molecule has 4 rings (SSSR count). The summed E-state index contributed by atoms with van der Waals surface area (Å²) in [6, 6.07) is 1.95. The van der Waals surface area contributed by atoms with Crippen LogP contribution in [0.5, 0.6) is 5.75 Å². The largest absolute Gasteiger partial charge is 0.552 e. The minimum atomic E-state index is -1.03. The minimum absolute atomic E-state index is 0.0652. The van der Waals surface area contributed by atoms with Gasteiger partial charge < -0.3 is 25.0 Å². The summed E-state index contributed by atoms with van der Waals surface area (Å²) in [5.41, 5.74) is 2.67. The average Bonchev–Trinajstić information content (AvgIpc) is 3.09. The Morgan fingerprint density at radius 3 is 3.24 bits per heavy atom. The van der Waals surface area contributed by atoms with E-state index in [1.807, 2.05) is 12.3 Å². The van der Waals surface area contributed by atoms with Gasteiger partial charge in [0.25, 0.3) is 5.91 Å². The van der Waals surface area contributed by atoms with Crippen molar-refractivity contribution in [3.05, 3.63) is 30.0 Å². The van der Waals surface area contributed by atoms with Gasteiger partial charge in [0.15, 0.2) is 0 Å². The Balaban J connectivity index is 1.80. The van der Waals surface area contributed by atoms with Gasteiger partial charge in [0, 0.05) is 36.2 Å². The van der Waals surface area contributed by atoms with Crippen LogP contribution in [0.15, 0.2) is 24.4 Å². The van der Waals surface area contributed by atoms with Crippen molar-refractivity contribution in [1.29, 1.82) is 5.41 Å². The van der Waals surface area contributed by atoms with Crippen LogP contribution in [-0.2, 0) is 4.79 Å². The van der Waals surface area contributed by atoms with E-state index in [-0.39, 0.29) is 11.8 Å². The maximum atomic E-state index is 12.0. The van der Waals surface area contributed by atoms with Gasteiger partial charge in [-0.1, -0.05) is 6.92 Å². The predicted molar refractivity (Wildman–Crippen MR) is 95.3 cm³/mol. The van der Waals surface area contributed by atoms with Crippen molar-refractivity contribution >= 4 is 35.8 Å². The predicted octanol–water partition coefficient (Wildman–Crippen LogP) is 1.49. The number of nitrogens with zero attached hydrogens (tertiary/aromatic N) is 2. The number of rotatable bonds is 2. The lowest BCUT2D eigenvalue weighted by Crippen LogP contribution is -2.44. The van der Waals surface area contributed by atoms with Gasteiger partial charge >= 0.3 is 7.12 Å². The van der Waals surface area contributed by atoms with Crippen molar-refractivity contribution in [3.8, 4) is 5.75 Å². The Bertz CT molecular complexity index is 878. The molecule has 1 saturated heterocycles. The van der Waals surface area contributed by atoms with Crippen molar-refractivity contribution in [2.75, 3.05) is 13.1 Å². The Morgan fingerprint density at radius 1 is 1.60 bits per heavy atom. The van der Waals surface area contributed by atoms with Crippen LogP contribution in [0.1, 0.15) is 18.9 Å².